The summed E-state index contributed by atoms with van der Waals surface area (Å²) in [5.41, 5.74) is 0. The topological polar surface area (TPSA) is 61.4 Å². The Balaban J connectivity index is 0.00000176. The van der Waals surface area contributed by atoms with Gasteiger partial charge in [0.05, 0.1) is 5.92 Å². The summed E-state index contributed by atoms with van der Waals surface area (Å²) in [6.45, 7) is 4.44. The van der Waals surface area contributed by atoms with Gasteiger partial charge in [-0.15, -0.1) is 12.4 Å². The summed E-state index contributed by atoms with van der Waals surface area (Å²) < 4.78 is 0. The predicted molar refractivity (Wildman–Crippen MR) is 87.9 cm³/mol. The molecule has 2 atom stereocenters. The van der Waals surface area contributed by atoms with Crippen molar-refractivity contribution in [2.24, 2.45) is 17.8 Å². The van der Waals surface area contributed by atoms with Crippen LogP contribution < -0.4 is 10.6 Å². The summed E-state index contributed by atoms with van der Waals surface area (Å²) in [5, 5.41) is 6.43. The smallest absolute Gasteiger partial charge is 0.225 e. The van der Waals surface area contributed by atoms with E-state index in [1.54, 1.807) is 0 Å². The van der Waals surface area contributed by atoms with E-state index in [1.807, 2.05) is 4.90 Å². The van der Waals surface area contributed by atoms with Gasteiger partial charge in [0.15, 0.2) is 0 Å². The van der Waals surface area contributed by atoms with Crippen molar-refractivity contribution in [1.29, 1.82) is 0 Å². The standard InChI is InChI=1S/C16H27N3O2.ClH/c20-15(18-8-6-12-5-7-17-10-12)14-2-1-9-19(11-14)16(21)13-3-4-13;/h12-14,17H,1-11H2,(H,18,20);1H. The second-order valence-electron chi connectivity index (χ2n) is 6.84. The maximum atomic E-state index is 12.3. The van der Waals surface area contributed by atoms with Crippen LogP contribution in [0.25, 0.3) is 0 Å². The molecule has 22 heavy (non-hydrogen) atoms. The second kappa shape index (κ2) is 8.16. The fourth-order valence-electron chi connectivity index (χ4n) is 3.48. The molecule has 0 radical (unpaired) electrons. The molecule has 2 heterocycles. The highest BCUT2D eigenvalue weighted by atomic mass is 35.5. The highest BCUT2D eigenvalue weighted by Crippen LogP contribution is 2.32. The van der Waals surface area contributed by atoms with Crippen LogP contribution in [0, 0.1) is 17.8 Å². The van der Waals surface area contributed by atoms with Gasteiger partial charge in [0.25, 0.3) is 0 Å². The van der Waals surface area contributed by atoms with Crippen molar-refractivity contribution in [2.45, 2.75) is 38.5 Å². The van der Waals surface area contributed by atoms with E-state index in [0.717, 1.165) is 58.3 Å². The molecule has 3 rings (SSSR count). The summed E-state index contributed by atoms with van der Waals surface area (Å²) >= 11 is 0. The first-order valence-electron chi connectivity index (χ1n) is 8.51. The molecule has 0 aromatic carbocycles. The summed E-state index contributed by atoms with van der Waals surface area (Å²) in [7, 11) is 0. The number of carbonyl (C=O) groups is 2. The second-order valence-corrected chi connectivity index (χ2v) is 6.84. The predicted octanol–water partition coefficient (Wildman–Crippen LogP) is 1.17. The van der Waals surface area contributed by atoms with Crippen molar-refractivity contribution < 1.29 is 9.59 Å². The third-order valence-electron chi connectivity index (χ3n) is 5.04. The van der Waals surface area contributed by atoms with E-state index in [9.17, 15) is 9.59 Å². The van der Waals surface area contributed by atoms with Gasteiger partial charge in [0.1, 0.15) is 0 Å². The van der Waals surface area contributed by atoms with Crippen molar-refractivity contribution in [2.75, 3.05) is 32.7 Å². The fraction of sp³-hybridized carbons (Fsp3) is 0.875. The number of hydrogen-bond donors (Lipinski definition) is 2. The number of amides is 2. The zero-order valence-corrected chi connectivity index (χ0v) is 14.0. The fourth-order valence-corrected chi connectivity index (χ4v) is 3.48. The minimum absolute atomic E-state index is 0. The molecule has 1 aliphatic carbocycles. The van der Waals surface area contributed by atoms with Crippen LogP contribution in [0.5, 0.6) is 0 Å². The number of piperidine rings is 1. The van der Waals surface area contributed by atoms with Crippen LogP contribution in [-0.2, 0) is 9.59 Å². The van der Waals surface area contributed by atoms with Gasteiger partial charge in [-0.3, -0.25) is 9.59 Å². The Kier molecular flexibility index (Phi) is 6.50. The van der Waals surface area contributed by atoms with E-state index in [2.05, 4.69) is 10.6 Å². The van der Waals surface area contributed by atoms with E-state index in [1.165, 1.54) is 6.42 Å². The van der Waals surface area contributed by atoms with Crippen molar-refractivity contribution in [3.8, 4) is 0 Å². The van der Waals surface area contributed by atoms with Gasteiger partial charge in [-0.05, 0) is 57.5 Å². The zero-order valence-electron chi connectivity index (χ0n) is 13.2. The van der Waals surface area contributed by atoms with Gasteiger partial charge < -0.3 is 15.5 Å². The molecule has 6 heteroatoms. The molecule has 0 spiro atoms. The Bertz CT molecular complexity index is 395. The van der Waals surface area contributed by atoms with E-state index in [4.69, 9.17) is 0 Å². The maximum Gasteiger partial charge on any atom is 0.225 e. The number of halogens is 1. The minimum Gasteiger partial charge on any atom is -0.356 e. The van der Waals surface area contributed by atoms with Crippen molar-refractivity contribution in [3.63, 3.8) is 0 Å². The number of hydrogen-bond acceptors (Lipinski definition) is 3. The number of nitrogens with zero attached hydrogens (tertiary/aromatic N) is 1. The average molecular weight is 330 g/mol. The number of nitrogens with one attached hydrogen (secondary N) is 2. The first kappa shape index (κ1) is 17.5. The Morgan fingerprint density at radius 3 is 2.64 bits per heavy atom. The molecule has 2 saturated heterocycles. The summed E-state index contributed by atoms with van der Waals surface area (Å²) in [6.07, 6.45) is 6.26. The molecule has 1 saturated carbocycles. The molecule has 2 aliphatic heterocycles. The highest BCUT2D eigenvalue weighted by Gasteiger charge is 2.36. The van der Waals surface area contributed by atoms with Crippen LogP contribution in [0.3, 0.4) is 0 Å². The van der Waals surface area contributed by atoms with Gasteiger partial charge in [-0.25, -0.2) is 0 Å². The first-order chi connectivity index (χ1) is 10.2. The summed E-state index contributed by atoms with van der Waals surface area (Å²) in [4.78, 5) is 26.3. The van der Waals surface area contributed by atoms with Crippen LogP contribution in [0.2, 0.25) is 0 Å². The summed E-state index contributed by atoms with van der Waals surface area (Å²) in [5.74, 6) is 1.41. The molecule has 3 aliphatic rings. The van der Waals surface area contributed by atoms with E-state index < -0.39 is 0 Å². The van der Waals surface area contributed by atoms with Crippen molar-refractivity contribution >= 4 is 24.2 Å². The molecule has 2 amide bonds. The van der Waals surface area contributed by atoms with E-state index >= 15 is 0 Å². The lowest BCUT2D eigenvalue weighted by Gasteiger charge is -2.32. The van der Waals surface area contributed by atoms with Crippen molar-refractivity contribution in [1.82, 2.24) is 15.5 Å². The van der Waals surface area contributed by atoms with Gasteiger partial charge in [0.2, 0.25) is 11.8 Å². The van der Waals surface area contributed by atoms with Gasteiger partial charge in [-0.2, -0.15) is 0 Å². The Morgan fingerprint density at radius 2 is 1.95 bits per heavy atom. The van der Waals surface area contributed by atoms with E-state index in [-0.39, 0.29) is 36.1 Å². The molecule has 2 unspecified atom stereocenters. The Labute approximate surface area is 139 Å². The molecule has 5 nitrogen and oxygen atoms in total. The van der Waals surface area contributed by atoms with Gasteiger partial charge in [-0.1, -0.05) is 0 Å². The quantitative estimate of drug-likeness (QED) is 0.796. The molecular weight excluding hydrogens is 302 g/mol. The normalized spacial score (nSPS) is 28.1. The lowest BCUT2D eigenvalue weighted by Crippen LogP contribution is -2.46. The number of carbonyl (C=O) groups excluding carboxylic acids is 2. The highest BCUT2D eigenvalue weighted by molar-refractivity contribution is 5.85. The van der Waals surface area contributed by atoms with Gasteiger partial charge in [0, 0.05) is 25.6 Å². The zero-order chi connectivity index (χ0) is 14.7. The van der Waals surface area contributed by atoms with E-state index in [0.29, 0.717) is 12.5 Å². The molecule has 0 aromatic heterocycles. The Hall–Kier alpha value is -0.810. The third kappa shape index (κ3) is 4.59. The molecule has 2 N–H and O–H groups in total. The average Bonchev–Trinajstić information content (AvgIpc) is 3.24. The van der Waals surface area contributed by atoms with Crippen LogP contribution in [0.15, 0.2) is 0 Å². The molecule has 126 valence electrons. The van der Waals surface area contributed by atoms with Crippen LogP contribution in [-0.4, -0.2) is 49.4 Å². The lowest BCUT2D eigenvalue weighted by atomic mass is 9.96. The van der Waals surface area contributed by atoms with Crippen LogP contribution >= 0.6 is 12.4 Å². The summed E-state index contributed by atoms with van der Waals surface area (Å²) in [6, 6.07) is 0. The maximum absolute atomic E-state index is 12.3. The third-order valence-corrected chi connectivity index (χ3v) is 5.04. The largest absolute Gasteiger partial charge is 0.356 e. The molecular formula is C16H28ClN3O2. The first-order valence-corrected chi connectivity index (χ1v) is 8.51. The molecule has 3 fully saturated rings. The number of likely N-dealkylation sites (tertiary alicyclic amines) is 1. The monoisotopic (exact) mass is 329 g/mol. The minimum atomic E-state index is 0. The van der Waals surface area contributed by atoms with Gasteiger partial charge >= 0.3 is 0 Å². The van der Waals surface area contributed by atoms with Crippen LogP contribution in [0.1, 0.15) is 38.5 Å². The number of rotatable bonds is 5. The van der Waals surface area contributed by atoms with Crippen LogP contribution in [0.4, 0.5) is 0 Å². The lowest BCUT2D eigenvalue weighted by molar-refractivity contribution is -0.136. The SMILES string of the molecule is Cl.O=C(NCCC1CCNC1)C1CCCN(C(=O)C2CC2)C1. The molecule has 0 aromatic rings. The Morgan fingerprint density at radius 1 is 1.14 bits per heavy atom. The van der Waals surface area contributed by atoms with Crippen molar-refractivity contribution in [3.05, 3.63) is 0 Å². The molecule has 0 bridgehead atoms.